The lowest BCUT2D eigenvalue weighted by molar-refractivity contribution is -0.137. The lowest BCUT2D eigenvalue weighted by atomic mass is 10.1. The van der Waals surface area contributed by atoms with Gasteiger partial charge in [0.1, 0.15) is 0 Å². The summed E-state index contributed by atoms with van der Waals surface area (Å²) in [7, 11) is 1.06. The predicted molar refractivity (Wildman–Crippen MR) is 61.6 cm³/mol. The van der Waals surface area contributed by atoms with Crippen LogP contribution in [0.3, 0.4) is 0 Å². The summed E-state index contributed by atoms with van der Waals surface area (Å²) >= 11 is 0. The van der Waals surface area contributed by atoms with Crippen molar-refractivity contribution in [1.82, 2.24) is 0 Å². The van der Waals surface area contributed by atoms with Crippen molar-refractivity contribution in [1.29, 1.82) is 0 Å². The Morgan fingerprint density at radius 3 is 2.47 bits per heavy atom. The van der Waals surface area contributed by atoms with E-state index in [9.17, 15) is 22.8 Å². The smallest absolute Gasteiger partial charge is 0.418 e. The highest BCUT2D eigenvalue weighted by Gasteiger charge is 2.34. The van der Waals surface area contributed by atoms with Gasteiger partial charge in [-0.2, -0.15) is 13.2 Å². The topological polar surface area (TPSA) is 55.4 Å². The van der Waals surface area contributed by atoms with Gasteiger partial charge in [0.25, 0.3) is 0 Å². The van der Waals surface area contributed by atoms with E-state index in [1.165, 1.54) is 0 Å². The van der Waals surface area contributed by atoms with Crippen molar-refractivity contribution in [2.45, 2.75) is 6.18 Å². The number of hydrogen-bond acceptors (Lipinski definition) is 3. The average molecular weight is 273 g/mol. The fourth-order valence-corrected chi connectivity index (χ4v) is 1.32. The minimum absolute atomic E-state index is 0.258. The number of ether oxygens (including phenoxy) is 1. The van der Waals surface area contributed by atoms with E-state index in [0.717, 1.165) is 25.3 Å². The number of rotatable bonds is 3. The molecule has 0 bridgehead atoms. The van der Waals surface area contributed by atoms with E-state index in [1.54, 1.807) is 0 Å². The second-order valence-corrected chi connectivity index (χ2v) is 3.44. The highest BCUT2D eigenvalue weighted by molar-refractivity contribution is 6.00. The number of anilines is 1. The largest absolute Gasteiger partial charge is 0.465 e. The van der Waals surface area contributed by atoms with Gasteiger partial charge in [0.15, 0.2) is 0 Å². The zero-order valence-corrected chi connectivity index (χ0v) is 9.88. The van der Waals surface area contributed by atoms with Crippen molar-refractivity contribution in [3.05, 3.63) is 42.0 Å². The summed E-state index contributed by atoms with van der Waals surface area (Å²) in [6.45, 7) is 3.14. The lowest BCUT2D eigenvalue weighted by Crippen LogP contribution is -2.16. The number of halogens is 3. The van der Waals surface area contributed by atoms with Crippen molar-refractivity contribution in [3.63, 3.8) is 0 Å². The molecule has 1 amide bonds. The molecule has 0 fully saturated rings. The summed E-state index contributed by atoms with van der Waals surface area (Å²) in [6.07, 6.45) is -3.87. The zero-order valence-electron chi connectivity index (χ0n) is 9.88. The number of amides is 1. The third kappa shape index (κ3) is 3.57. The Labute approximate surface area is 106 Å². The summed E-state index contributed by atoms with van der Waals surface area (Å²) in [5.74, 6) is -1.68. The molecule has 1 N–H and O–H groups in total. The van der Waals surface area contributed by atoms with Crippen LogP contribution in [0.25, 0.3) is 0 Å². The second kappa shape index (κ2) is 5.55. The van der Waals surface area contributed by atoms with Crippen LogP contribution >= 0.6 is 0 Å². The van der Waals surface area contributed by atoms with E-state index in [1.807, 2.05) is 5.32 Å². The molecular formula is C12H10F3NO3. The molecule has 0 unspecified atom stereocenters. The van der Waals surface area contributed by atoms with E-state index in [4.69, 9.17) is 0 Å². The molecule has 0 aliphatic rings. The molecule has 0 aromatic heterocycles. The van der Waals surface area contributed by atoms with E-state index < -0.39 is 29.3 Å². The molecule has 1 aromatic rings. The molecule has 0 heterocycles. The molecule has 102 valence electrons. The first kappa shape index (κ1) is 14.7. The first-order valence-electron chi connectivity index (χ1n) is 5.02. The molecule has 4 nitrogen and oxygen atoms in total. The number of methoxy groups -OCH3 is 1. The van der Waals surface area contributed by atoms with Gasteiger partial charge in [0, 0.05) is 0 Å². The highest BCUT2D eigenvalue weighted by Crippen LogP contribution is 2.35. The van der Waals surface area contributed by atoms with Crippen molar-refractivity contribution < 1.29 is 27.5 Å². The van der Waals surface area contributed by atoms with Crippen LogP contribution in [0.15, 0.2) is 30.9 Å². The SMILES string of the molecule is C=CC(=O)Nc1ccc(C(=O)OC)cc1C(F)(F)F. The van der Waals surface area contributed by atoms with Crippen molar-refractivity contribution in [2.75, 3.05) is 12.4 Å². The van der Waals surface area contributed by atoms with Gasteiger partial charge in [-0.15, -0.1) is 0 Å². The van der Waals surface area contributed by atoms with Crippen LogP contribution in [0.4, 0.5) is 18.9 Å². The Balaban J connectivity index is 3.28. The molecular weight excluding hydrogens is 263 g/mol. The van der Waals surface area contributed by atoms with Crippen LogP contribution in [-0.2, 0) is 15.7 Å². The number of nitrogens with one attached hydrogen (secondary N) is 1. The third-order valence-corrected chi connectivity index (χ3v) is 2.19. The van der Waals surface area contributed by atoms with Crippen LogP contribution < -0.4 is 5.32 Å². The van der Waals surface area contributed by atoms with E-state index in [0.29, 0.717) is 6.07 Å². The first-order valence-corrected chi connectivity index (χ1v) is 5.02. The monoisotopic (exact) mass is 273 g/mol. The van der Waals surface area contributed by atoms with Crippen LogP contribution in [-0.4, -0.2) is 19.0 Å². The molecule has 7 heteroatoms. The van der Waals surface area contributed by atoms with Crippen LogP contribution in [0.1, 0.15) is 15.9 Å². The Morgan fingerprint density at radius 1 is 1.37 bits per heavy atom. The molecule has 0 aliphatic heterocycles. The van der Waals surface area contributed by atoms with Crippen LogP contribution in [0.2, 0.25) is 0 Å². The van der Waals surface area contributed by atoms with Gasteiger partial charge >= 0.3 is 12.1 Å². The average Bonchev–Trinajstić information content (AvgIpc) is 2.36. The standard InChI is InChI=1S/C12H10F3NO3/c1-3-10(17)16-9-5-4-7(11(18)19-2)6-8(9)12(13,14)15/h3-6H,1H2,2H3,(H,16,17). The number of esters is 1. The van der Waals surface area contributed by atoms with Crippen LogP contribution in [0, 0.1) is 0 Å². The first-order chi connectivity index (χ1) is 8.79. The predicted octanol–water partition coefficient (Wildman–Crippen LogP) is 2.62. The minimum Gasteiger partial charge on any atom is -0.465 e. The molecule has 1 aromatic carbocycles. The maximum absolute atomic E-state index is 12.8. The van der Waals surface area contributed by atoms with Gasteiger partial charge in [-0.1, -0.05) is 6.58 Å². The molecule has 0 atom stereocenters. The second-order valence-electron chi connectivity index (χ2n) is 3.44. The lowest BCUT2D eigenvalue weighted by Gasteiger charge is -2.14. The fraction of sp³-hybridized carbons (Fsp3) is 0.167. The van der Waals surface area contributed by atoms with E-state index in [-0.39, 0.29) is 5.56 Å². The van der Waals surface area contributed by atoms with E-state index >= 15 is 0 Å². The van der Waals surface area contributed by atoms with Crippen LogP contribution in [0.5, 0.6) is 0 Å². The van der Waals surface area contributed by atoms with E-state index in [2.05, 4.69) is 11.3 Å². The Morgan fingerprint density at radius 2 is 2.00 bits per heavy atom. The highest BCUT2D eigenvalue weighted by atomic mass is 19.4. The Kier molecular flexibility index (Phi) is 4.31. The summed E-state index contributed by atoms with van der Waals surface area (Å²) < 4.78 is 42.8. The summed E-state index contributed by atoms with van der Waals surface area (Å²) in [5, 5.41) is 2.02. The Hall–Kier alpha value is -2.31. The number of benzene rings is 1. The van der Waals surface area contributed by atoms with Gasteiger partial charge in [0.2, 0.25) is 5.91 Å². The molecule has 0 aliphatic carbocycles. The summed E-state index contributed by atoms with van der Waals surface area (Å²) in [4.78, 5) is 22.2. The number of alkyl halides is 3. The quantitative estimate of drug-likeness (QED) is 0.680. The third-order valence-electron chi connectivity index (χ3n) is 2.19. The minimum atomic E-state index is -4.71. The molecule has 1 rings (SSSR count). The summed E-state index contributed by atoms with van der Waals surface area (Å²) in [6, 6.07) is 2.72. The molecule has 0 saturated heterocycles. The zero-order chi connectivity index (χ0) is 14.6. The summed E-state index contributed by atoms with van der Waals surface area (Å²) in [5.41, 5.74) is -1.85. The van der Waals surface area contributed by atoms with Gasteiger partial charge in [-0.25, -0.2) is 4.79 Å². The fourth-order valence-electron chi connectivity index (χ4n) is 1.32. The maximum atomic E-state index is 12.8. The maximum Gasteiger partial charge on any atom is 0.418 e. The van der Waals surface area contributed by atoms with Gasteiger partial charge < -0.3 is 10.1 Å². The Bertz CT molecular complexity index is 523. The van der Waals surface area contributed by atoms with Crippen molar-refractivity contribution in [2.24, 2.45) is 0 Å². The van der Waals surface area contributed by atoms with Crippen molar-refractivity contribution >= 4 is 17.6 Å². The molecule has 19 heavy (non-hydrogen) atoms. The number of hydrogen-bond donors (Lipinski definition) is 1. The normalized spacial score (nSPS) is 10.7. The van der Waals surface area contributed by atoms with Gasteiger partial charge in [-0.05, 0) is 24.3 Å². The molecule has 0 radical (unpaired) electrons. The molecule has 0 saturated carbocycles. The van der Waals surface area contributed by atoms with Crippen molar-refractivity contribution in [3.8, 4) is 0 Å². The van der Waals surface area contributed by atoms with Gasteiger partial charge in [-0.3, -0.25) is 4.79 Å². The number of carbonyl (C=O) groups is 2. The number of carbonyl (C=O) groups excluding carboxylic acids is 2. The van der Waals surface area contributed by atoms with Gasteiger partial charge in [0.05, 0.1) is 23.9 Å². The molecule has 0 spiro atoms.